The number of oxazole rings is 1. The maximum Gasteiger partial charge on any atom is 0.417 e. The summed E-state index contributed by atoms with van der Waals surface area (Å²) in [5.74, 6) is -1.85. The number of carbonyl (C=O) groups is 1. The summed E-state index contributed by atoms with van der Waals surface area (Å²) in [5.41, 5.74) is 0.558. The Morgan fingerprint density at radius 1 is 1.20 bits per heavy atom. The van der Waals surface area contributed by atoms with Crippen molar-refractivity contribution in [3.8, 4) is 0 Å². The van der Waals surface area contributed by atoms with Gasteiger partial charge in [0.2, 0.25) is 0 Å². The number of H-pyrrole nitrogens is 1. The van der Waals surface area contributed by atoms with Crippen LogP contribution < -0.4 is 5.76 Å². The summed E-state index contributed by atoms with van der Waals surface area (Å²) in [6, 6.07) is 8.32. The molecular weight excluding hydrogens is 285 g/mol. The molecule has 0 saturated heterocycles. The van der Waals surface area contributed by atoms with Crippen LogP contribution in [0.25, 0.3) is 11.1 Å². The highest BCUT2D eigenvalue weighted by atomic mass is 35.5. The van der Waals surface area contributed by atoms with Crippen molar-refractivity contribution in [1.82, 2.24) is 4.98 Å². The lowest BCUT2D eigenvalue weighted by Crippen LogP contribution is -2.04. The summed E-state index contributed by atoms with van der Waals surface area (Å²) in [6.45, 7) is 0. The first-order chi connectivity index (χ1) is 9.56. The molecule has 0 unspecified atom stereocenters. The zero-order valence-electron chi connectivity index (χ0n) is 9.94. The number of fused-ring (bicyclic) bond motifs is 1. The third kappa shape index (κ3) is 2.02. The molecule has 0 aliphatic carbocycles. The van der Waals surface area contributed by atoms with Crippen molar-refractivity contribution >= 4 is 28.5 Å². The smallest absolute Gasteiger partial charge is 0.408 e. The molecule has 3 rings (SSSR count). The highest BCUT2D eigenvalue weighted by Crippen LogP contribution is 2.25. The van der Waals surface area contributed by atoms with Gasteiger partial charge in [-0.2, -0.15) is 0 Å². The van der Waals surface area contributed by atoms with E-state index in [1.54, 1.807) is 6.07 Å². The summed E-state index contributed by atoms with van der Waals surface area (Å²) in [5, 5.41) is 0.114. The fourth-order valence-electron chi connectivity index (χ4n) is 1.94. The van der Waals surface area contributed by atoms with E-state index in [0.717, 1.165) is 0 Å². The van der Waals surface area contributed by atoms with Crippen LogP contribution in [0.1, 0.15) is 15.9 Å². The van der Waals surface area contributed by atoms with E-state index in [9.17, 15) is 14.0 Å². The molecule has 0 bridgehead atoms. The van der Waals surface area contributed by atoms with Crippen LogP contribution >= 0.6 is 11.6 Å². The van der Waals surface area contributed by atoms with Gasteiger partial charge in [0, 0.05) is 5.56 Å². The first kappa shape index (κ1) is 12.6. The minimum atomic E-state index is -0.647. The normalized spacial score (nSPS) is 10.9. The maximum absolute atomic E-state index is 13.6. The molecule has 0 spiro atoms. The molecule has 1 N–H and O–H groups in total. The van der Waals surface area contributed by atoms with Crippen molar-refractivity contribution in [3.05, 3.63) is 68.9 Å². The largest absolute Gasteiger partial charge is 0.417 e. The van der Waals surface area contributed by atoms with E-state index in [1.165, 1.54) is 30.3 Å². The van der Waals surface area contributed by atoms with Crippen molar-refractivity contribution in [1.29, 1.82) is 0 Å². The van der Waals surface area contributed by atoms with Gasteiger partial charge in [-0.1, -0.05) is 23.7 Å². The number of aromatic nitrogens is 1. The molecule has 0 amide bonds. The second-order valence-corrected chi connectivity index (χ2v) is 4.56. The monoisotopic (exact) mass is 291 g/mol. The standard InChI is InChI=1S/C14H7ClFNO3/c15-9-6-11-12(20-14(19)17-11)5-8(9)13(18)7-3-1-2-4-10(7)16/h1-6H,(H,17,19). The molecule has 2 aromatic carbocycles. The summed E-state index contributed by atoms with van der Waals surface area (Å²) in [4.78, 5) is 25.8. The van der Waals surface area contributed by atoms with Crippen molar-refractivity contribution in [2.45, 2.75) is 0 Å². The number of hydrogen-bond acceptors (Lipinski definition) is 3. The second-order valence-electron chi connectivity index (χ2n) is 4.15. The van der Waals surface area contributed by atoms with Crippen molar-refractivity contribution in [2.75, 3.05) is 0 Å². The molecule has 0 fully saturated rings. The van der Waals surface area contributed by atoms with Gasteiger partial charge in [-0.25, -0.2) is 9.18 Å². The molecular formula is C14H7ClFNO3. The molecule has 1 aromatic heterocycles. The van der Waals surface area contributed by atoms with Gasteiger partial charge in [-0.3, -0.25) is 9.78 Å². The molecule has 6 heteroatoms. The number of hydrogen-bond donors (Lipinski definition) is 1. The molecule has 0 aliphatic rings. The van der Waals surface area contributed by atoms with E-state index in [-0.39, 0.29) is 21.7 Å². The Balaban J connectivity index is 2.19. The molecule has 1 heterocycles. The zero-order valence-corrected chi connectivity index (χ0v) is 10.7. The fraction of sp³-hybridized carbons (Fsp3) is 0. The summed E-state index contributed by atoms with van der Waals surface area (Å²) >= 11 is 6.00. The topological polar surface area (TPSA) is 63.1 Å². The van der Waals surface area contributed by atoms with E-state index < -0.39 is 17.4 Å². The Labute approximate surface area is 116 Å². The zero-order chi connectivity index (χ0) is 14.3. The molecule has 4 nitrogen and oxygen atoms in total. The SMILES string of the molecule is O=C(c1ccccc1F)c1cc2oc(=O)[nH]c2cc1Cl. The van der Waals surface area contributed by atoms with Crippen LogP contribution in [-0.2, 0) is 0 Å². The lowest BCUT2D eigenvalue weighted by atomic mass is 10.0. The quantitative estimate of drug-likeness (QED) is 0.738. The van der Waals surface area contributed by atoms with Crippen molar-refractivity contribution in [2.24, 2.45) is 0 Å². The predicted octanol–water partition coefficient (Wildman–Crippen LogP) is 3.14. The van der Waals surface area contributed by atoms with Crippen molar-refractivity contribution in [3.63, 3.8) is 0 Å². The lowest BCUT2D eigenvalue weighted by Gasteiger charge is -2.04. The molecule has 0 aliphatic heterocycles. The number of carbonyl (C=O) groups excluding carboxylic acids is 1. The Kier molecular flexibility index (Phi) is 2.91. The van der Waals surface area contributed by atoms with Gasteiger partial charge in [-0.05, 0) is 24.3 Å². The molecule has 0 radical (unpaired) electrons. The highest BCUT2D eigenvalue weighted by Gasteiger charge is 2.18. The first-order valence-corrected chi connectivity index (χ1v) is 6.05. The number of rotatable bonds is 2. The average Bonchev–Trinajstić information content (AvgIpc) is 2.76. The van der Waals surface area contributed by atoms with E-state index in [2.05, 4.69) is 4.98 Å². The Morgan fingerprint density at radius 2 is 1.95 bits per heavy atom. The van der Waals surface area contributed by atoms with Crippen LogP contribution in [0, 0.1) is 5.82 Å². The first-order valence-electron chi connectivity index (χ1n) is 5.68. The number of nitrogens with one attached hydrogen (secondary N) is 1. The van der Waals surface area contributed by atoms with Gasteiger partial charge in [0.15, 0.2) is 11.4 Å². The third-order valence-electron chi connectivity index (χ3n) is 2.87. The molecule has 0 saturated carbocycles. The van der Waals surface area contributed by atoms with Gasteiger partial charge in [0.1, 0.15) is 5.82 Å². The van der Waals surface area contributed by atoms with Gasteiger partial charge in [-0.15, -0.1) is 0 Å². The minimum absolute atomic E-state index is 0.0759. The molecule has 3 aromatic rings. The van der Waals surface area contributed by atoms with Crippen LogP contribution in [0.3, 0.4) is 0 Å². The minimum Gasteiger partial charge on any atom is -0.408 e. The summed E-state index contributed by atoms with van der Waals surface area (Å²) < 4.78 is 18.5. The van der Waals surface area contributed by atoms with Crippen LogP contribution in [0.4, 0.5) is 4.39 Å². The van der Waals surface area contributed by atoms with Crippen LogP contribution in [-0.4, -0.2) is 10.8 Å². The van der Waals surface area contributed by atoms with E-state index in [4.69, 9.17) is 16.0 Å². The van der Waals surface area contributed by atoms with Crippen LogP contribution in [0.15, 0.2) is 45.6 Å². The fourth-order valence-corrected chi connectivity index (χ4v) is 2.18. The van der Waals surface area contributed by atoms with Gasteiger partial charge >= 0.3 is 5.76 Å². The Hall–Kier alpha value is -2.40. The van der Waals surface area contributed by atoms with E-state index in [0.29, 0.717) is 5.52 Å². The predicted molar refractivity (Wildman–Crippen MR) is 71.7 cm³/mol. The lowest BCUT2D eigenvalue weighted by molar-refractivity contribution is 0.103. The summed E-state index contributed by atoms with van der Waals surface area (Å²) in [7, 11) is 0. The maximum atomic E-state index is 13.6. The Bertz CT molecular complexity index is 882. The summed E-state index contributed by atoms with van der Waals surface area (Å²) in [6.07, 6.45) is 0. The van der Waals surface area contributed by atoms with E-state index in [1.807, 2.05) is 0 Å². The van der Waals surface area contributed by atoms with Gasteiger partial charge < -0.3 is 4.42 Å². The highest BCUT2D eigenvalue weighted by molar-refractivity contribution is 6.35. The average molecular weight is 292 g/mol. The third-order valence-corrected chi connectivity index (χ3v) is 3.18. The van der Waals surface area contributed by atoms with Gasteiger partial charge in [0.05, 0.1) is 16.1 Å². The van der Waals surface area contributed by atoms with Crippen LogP contribution in [0.5, 0.6) is 0 Å². The second kappa shape index (κ2) is 4.61. The number of halogens is 2. The number of aromatic amines is 1. The molecule has 20 heavy (non-hydrogen) atoms. The number of benzene rings is 2. The number of ketones is 1. The van der Waals surface area contributed by atoms with E-state index >= 15 is 0 Å². The van der Waals surface area contributed by atoms with Gasteiger partial charge in [0.25, 0.3) is 0 Å². The molecule has 100 valence electrons. The Morgan fingerprint density at radius 3 is 2.70 bits per heavy atom. The van der Waals surface area contributed by atoms with Crippen molar-refractivity contribution < 1.29 is 13.6 Å². The van der Waals surface area contributed by atoms with Crippen LogP contribution in [0.2, 0.25) is 5.02 Å². The molecule has 0 atom stereocenters.